The Labute approximate surface area is 140 Å². The van der Waals surface area contributed by atoms with E-state index in [2.05, 4.69) is 29.0 Å². The molecular formula is C17H23N3O2S. The van der Waals surface area contributed by atoms with Crippen LogP contribution in [0.1, 0.15) is 42.1 Å². The number of hydrogen-bond donors (Lipinski definition) is 1. The van der Waals surface area contributed by atoms with E-state index in [-0.39, 0.29) is 5.91 Å². The molecule has 0 radical (unpaired) electrons. The van der Waals surface area contributed by atoms with E-state index in [4.69, 9.17) is 4.42 Å². The molecule has 2 atom stereocenters. The first-order chi connectivity index (χ1) is 11.0. The molecule has 0 spiro atoms. The molecule has 1 saturated heterocycles. The monoisotopic (exact) mass is 333 g/mol. The maximum absolute atomic E-state index is 12.2. The van der Waals surface area contributed by atoms with Crippen LogP contribution in [0.25, 0.3) is 0 Å². The highest BCUT2D eigenvalue weighted by Gasteiger charge is 2.22. The van der Waals surface area contributed by atoms with Crippen LogP contribution in [0.3, 0.4) is 0 Å². The van der Waals surface area contributed by atoms with Crippen molar-refractivity contribution in [3.8, 4) is 0 Å². The van der Waals surface area contributed by atoms with Crippen LogP contribution in [0.15, 0.2) is 22.1 Å². The highest BCUT2D eigenvalue weighted by molar-refractivity contribution is 7.13. The lowest BCUT2D eigenvalue weighted by Crippen LogP contribution is -2.38. The van der Waals surface area contributed by atoms with Gasteiger partial charge in [-0.3, -0.25) is 15.0 Å². The van der Waals surface area contributed by atoms with E-state index in [0.29, 0.717) is 16.5 Å². The minimum atomic E-state index is -0.169. The summed E-state index contributed by atoms with van der Waals surface area (Å²) >= 11 is 1.47. The molecule has 23 heavy (non-hydrogen) atoms. The van der Waals surface area contributed by atoms with Crippen molar-refractivity contribution >= 4 is 22.4 Å². The van der Waals surface area contributed by atoms with E-state index in [1.165, 1.54) is 24.0 Å². The standard InChI is InChI=1S/C17H23N3O2S/c1-11-6-12(2)8-20(7-11)9-14-10-23-17(18-14)19-16(21)15-4-5-22-13(15)3/h4-5,10-12H,6-9H2,1-3H3,(H,18,19,21). The Kier molecular flexibility index (Phi) is 4.82. The summed E-state index contributed by atoms with van der Waals surface area (Å²) in [6, 6.07) is 1.68. The molecule has 0 aromatic carbocycles. The average Bonchev–Trinajstić information content (AvgIpc) is 3.07. The Morgan fingerprint density at radius 1 is 1.43 bits per heavy atom. The second-order valence-electron chi connectivity index (χ2n) is 6.63. The molecule has 2 aromatic rings. The molecule has 0 bridgehead atoms. The molecule has 2 unspecified atom stereocenters. The number of piperidine rings is 1. The zero-order valence-corrected chi connectivity index (χ0v) is 14.7. The van der Waals surface area contributed by atoms with E-state index in [1.54, 1.807) is 13.0 Å². The number of nitrogens with zero attached hydrogens (tertiary/aromatic N) is 2. The summed E-state index contributed by atoms with van der Waals surface area (Å²) in [7, 11) is 0. The van der Waals surface area contributed by atoms with Crippen molar-refractivity contribution in [3.05, 3.63) is 34.7 Å². The highest BCUT2D eigenvalue weighted by Crippen LogP contribution is 2.24. The number of aromatic nitrogens is 1. The predicted octanol–water partition coefficient (Wildman–Crippen LogP) is 3.77. The third-order valence-electron chi connectivity index (χ3n) is 4.21. The van der Waals surface area contributed by atoms with E-state index < -0.39 is 0 Å². The van der Waals surface area contributed by atoms with Gasteiger partial charge in [0.25, 0.3) is 5.91 Å². The number of hydrogen-bond acceptors (Lipinski definition) is 5. The molecule has 1 amide bonds. The van der Waals surface area contributed by atoms with Crippen molar-refractivity contribution in [1.82, 2.24) is 9.88 Å². The minimum absolute atomic E-state index is 0.169. The first-order valence-corrected chi connectivity index (χ1v) is 8.91. The Balaban J connectivity index is 1.60. The number of furan rings is 1. The van der Waals surface area contributed by atoms with Crippen molar-refractivity contribution < 1.29 is 9.21 Å². The minimum Gasteiger partial charge on any atom is -0.469 e. The van der Waals surface area contributed by atoms with Gasteiger partial charge in [0.2, 0.25) is 0 Å². The van der Waals surface area contributed by atoms with Crippen LogP contribution in [-0.4, -0.2) is 28.9 Å². The molecule has 0 saturated carbocycles. The van der Waals surface area contributed by atoms with Crippen LogP contribution in [0.4, 0.5) is 5.13 Å². The molecular weight excluding hydrogens is 310 g/mol. The molecule has 0 aliphatic carbocycles. The molecule has 3 heterocycles. The number of amides is 1. The first-order valence-electron chi connectivity index (χ1n) is 8.03. The Morgan fingerprint density at radius 2 is 2.17 bits per heavy atom. The van der Waals surface area contributed by atoms with Crippen LogP contribution in [-0.2, 0) is 6.54 Å². The number of nitrogens with one attached hydrogen (secondary N) is 1. The number of rotatable bonds is 4. The van der Waals surface area contributed by atoms with E-state index in [9.17, 15) is 4.79 Å². The molecule has 1 aliphatic heterocycles. The zero-order chi connectivity index (χ0) is 16.4. The zero-order valence-electron chi connectivity index (χ0n) is 13.8. The van der Waals surface area contributed by atoms with Crippen molar-refractivity contribution in [2.75, 3.05) is 18.4 Å². The fraction of sp³-hybridized carbons (Fsp3) is 0.529. The summed E-state index contributed by atoms with van der Waals surface area (Å²) in [5.41, 5.74) is 1.58. The van der Waals surface area contributed by atoms with Crippen LogP contribution >= 0.6 is 11.3 Å². The second kappa shape index (κ2) is 6.84. The van der Waals surface area contributed by atoms with Gasteiger partial charge in [0.1, 0.15) is 5.76 Å². The first kappa shape index (κ1) is 16.2. The summed E-state index contributed by atoms with van der Waals surface area (Å²) in [5, 5.41) is 5.52. The number of anilines is 1. The topological polar surface area (TPSA) is 58.4 Å². The fourth-order valence-corrected chi connectivity index (χ4v) is 4.07. The summed E-state index contributed by atoms with van der Waals surface area (Å²) < 4.78 is 5.16. The van der Waals surface area contributed by atoms with Crippen LogP contribution in [0.2, 0.25) is 0 Å². The molecule has 124 valence electrons. The van der Waals surface area contributed by atoms with Gasteiger partial charge >= 0.3 is 0 Å². The van der Waals surface area contributed by atoms with Crippen LogP contribution in [0.5, 0.6) is 0 Å². The lowest BCUT2D eigenvalue weighted by Gasteiger charge is -2.34. The van der Waals surface area contributed by atoms with Gasteiger partial charge in [0, 0.05) is 25.0 Å². The van der Waals surface area contributed by atoms with Gasteiger partial charge in [-0.25, -0.2) is 4.98 Å². The van der Waals surface area contributed by atoms with Gasteiger partial charge in [-0.2, -0.15) is 0 Å². The number of likely N-dealkylation sites (tertiary alicyclic amines) is 1. The summed E-state index contributed by atoms with van der Waals surface area (Å²) in [4.78, 5) is 19.2. The summed E-state index contributed by atoms with van der Waals surface area (Å²) in [5.74, 6) is 1.93. The normalized spacial score (nSPS) is 22.2. The maximum atomic E-state index is 12.2. The van der Waals surface area contributed by atoms with Crippen molar-refractivity contribution in [2.24, 2.45) is 11.8 Å². The third-order valence-corrected chi connectivity index (χ3v) is 5.01. The van der Waals surface area contributed by atoms with Gasteiger partial charge in [0.15, 0.2) is 5.13 Å². The number of carbonyl (C=O) groups is 1. The molecule has 1 fully saturated rings. The van der Waals surface area contributed by atoms with E-state index in [0.717, 1.165) is 37.2 Å². The largest absolute Gasteiger partial charge is 0.469 e. The molecule has 2 aromatic heterocycles. The fourth-order valence-electron chi connectivity index (χ4n) is 3.37. The molecule has 1 N–H and O–H groups in total. The highest BCUT2D eigenvalue weighted by atomic mass is 32.1. The van der Waals surface area contributed by atoms with Crippen LogP contribution in [0, 0.1) is 18.8 Å². The quantitative estimate of drug-likeness (QED) is 0.925. The Morgan fingerprint density at radius 3 is 2.83 bits per heavy atom. The van der Waals surface area contributed by atoms with E-state index in [1.807, 2.05) is 5.38 Å². The Bertz CT molecular complexity index is 669. The van der Waals surface area contributed by atoms with Gasteiger partial charge in [-0.15, -0.1) is 11.3 Å². The summed E-state index contributed by atoms with van der Waals surface area (Å²) in [6.45, 7) is 9.49. The third kappa shape index (κ3) is 4.00. The lowest BCUT2D eigenvalue weighted by atomic mass is 9.92. The Hall–Kier alpha value is -1.66. The predicted molar refractivity (Wildman–Crippen MR) is 91.7 cm³/mol. The molecule has 5 nitrogen and oxygen atoms in total. The average molecular weight is 333 g/mol. The van der Waals surface area contributed by atoms with Gasteiger partial charge in [0.05, 0.1) is 17.5 Å². The van der Waals surface area contributed by atoms with Gasteiger partial charge in [-0.1, -0.05) is 13.8 Å². The smallest absolute Gasteiger partial charge is 0.260 e. The maximum Gasteiger partial charge on any atom is 0.260 e. The SMILES string of the molecule is Cc1occc1C(=O)Nc1nc(CN2CC(C)CC(C)C2)cs1. The second-order valence-corrected chi connectivity index (χ2v) is 7.49. The number of carbonyl (C=O) groups excluding carboxylic acids is 1. The van der Waals surface area contributed by atoms with Crippen molar-refractivity contribution in [2.45, 2.75) is 33.7 Å². The van der Waals surface area contributed by atoms with Crippen molar-refractivity contribution in [3.63, 3.8) is 0 Å². The molecule has 6 heteroatoms. The molecule has 1 aliphatic rings. The van der Waals surface area contributed by atoms with Gasteiger partial charge in [-0.05, 0) is 31.2 Å². The lowest BCUT2D eigenvalue weighted by molar-refractivity contribution is 0.102. The summed E-state index contributed by atoms with van der Waals surface area (Å²) in [6.07, 6.45) is 2.83. The number of aryl methyl sites for hydroxylation is 1. The molecule has 3 rings (SSSR count). The van der Waals surface area contributed by atoms with Crippen molar-refractivity contribution in [1.29, 1.82) is 0 Å². The van der Waals surface area contributed by atoms with Crippen LogP contribution < -0.4 is 5.32 Å². The van der Waals surface area contributed by atoms with E-state index >= 15 is 0 Å². The van der Waals surface area contributed by atoms with Gasteiger partial charge < -0.3 is 4.42 Å². The number of thiazole rings is 1.